The van der Waals surface area contributed by atoms with Crippen LogP contribution in [0, 0.1) is 19.8 Å². The maximum Gasteiger partial charge on any atom is 0.248 e. The number of H-pyrrole nitrogens is 1. The molecule has 1 aliphatic carbocycles. The van der Waals surface area contributed by atoms with Crippen molar-refractivity contribution in [3.8, 4) is 0 Å². The Morgan fingerprint density at radius 1 is 1.42 bits per heavy atom. The Balaban J connectivity index is 1.87. The highest BCUT2D eigenvalue weighted by Crippen LogP contribution is 2.39. The van der Waals surface area contributed by atoms with Crippen LogP contribution in [0.15, 0.2) is 15.7 Å². The number of nitrogens with one attached hydrogen (secondary N) is 1. The first-order chi connectivity index (χ1) is 12.3. The molecule has 0 radical (unpaired) electrons. The number of rotatable bonds is 5. The van der Waals surface area contributed by atoms with Gasteiger partial charge in [-0.2, -0.15) is 0 Å². The number of halogens is 2. The van der Waals surface area contributed by atoms with Crippen LogP contribution in [0.25, 0.3) is 11.6 Å². The van der Waals surface area contributed by atoms with Crippen LogP contribution in [-0.2, 0) is 6.42 Å². The van der Waals surface area contributed by atoms with Gasteiger partial charge in [-0.25, -0.2) is 13.8 Å². The zero-order chi connectivity index (χ0) is 18.9. The number of aromatic amines is 1. The van der Waals surface area contributed by atoms with Gasteiger partial charge in [-0.1, -0.05) is 5.16 Å². The van der Waals surface area contributed by atoms with Crippen molar-refractivity contribution in [1.29, 1.82) is 0 Å². The summed E-state index contributed by atoms with van der Waals surface area (Å²) in [6.45, 7) is 9.45. The number of hydrogen-bond donors (Lipinski definition) is 1. The highest BCUT2D eigenvalue weighted by atomic mass is 19.3. The lowest BCUT2D eigenvalue weighted by Crippen LogP contribution is -2.25. The van der Waals surface area contributed by atoms with Gasteiger partial charge >= 0.3 is 0 Å². The van der Waals surface area contributed by atoms with Gasteiger partial charge in [0.05, 0.1) is 5.69 Å². The summed E-state index contributed by atoms with van der Waals surface area (Å²) in [7, 11) is 0. The van der Waals surface area contributed by atoms with E-state index in [1.165, 1.54) is 0 Å². The molecule has 0 bridgehead atoms. The normalized spacial score (nSPS) is 18.3. The van der Waals surface area contributed by atoms with E-state index in [1.54, 1.807) is 0 Å². The van der Waals surface area contributed by atoms with E-state index in [0.717, 1.165) is 40.1 Å². The van der Waals surface area contributed by atoms with Crippen molar-refractivity contribution < 1.29 is 13.3 Å². The van der Waals surface area contributed by atoms with Gasteiger partial charge in [0.25, 0.3) is 0 Å². The van der Waals surface area contributed by atoms with Gasteiger partial charge in [0.15, 0.2) is 0 Å². The molecule has 4 nitrogen and oxygen atoms in total. The predicted octanol–water partition coefficient (Wildman–Crippen LogP) is 5.88. The number of hydrogen-bond acceptors (Lipinski definition) is 3. The second-order valence-corrected chi connectivity index (χ2v) is 7.26. The molecule has 26 heavy (non-hydrogen) atoms. The lowest BCUT2D eigenvalue weighted by molar-refractivity contribution is -0.0456. The van der Waals surface area contributed by atoms with Gasteiger partial charge in [-0.05, 0) is 69.9 Å². The maximum atomic E-state index is 13.4. The van der Waals surface area contributed by atoms with E-state index in [-0.39, 0.29) is 18.8 Å². The summed E-state index contributed by atoms with van der Waals surface area (Å²) in [4.78, 5) is 7.23. The minimum Gasteiger partial charge on any atom is -0.361 e. The molecule has 0 atom stereocenters. The fraction of sp³-hybridized carbons (Fsp3) is 0.500. The van der Waals surface area contributed by atoms with Crippen molar-refractivity contribution in [2.24, 2.45) is 10.9 Å². The van der Waals surface area contributed by atoms with E-state index < -0.39 is 5.92 Å². The second-order valence-electron chi connectivity index (χ2n) is 7.26. The molecular formula is C20H25F2N3O. The van der Waals surface area contributed by atoms with Crippen LogP contribution in [0.4, 0.5) is 14.6 Å². The molecule has 3 rings (SSSR count). The number of alkyl halides is 2. The quantitative estimate of drug-likeness (QED) is 0.676. The average molecular weight is 361 g/mol. The topological polar surface area (TPSA) is 54.2 Å². The van der Waals surface area contributed by atoms with Gasteiger partial charge in [0, 0.05) is 30.2 Å². The van der Waals surface area contributed by atoms with Crippen molar-refractivity contribution in [1.82, 2.24) is 10.1 Å². The first kappa shape index (κ1) is 18.5. The van der Waals surface area contributed by atoms with Crippen LogP contribution >= 0.6 is 0 Å². The van der Waals surface area contributed by atoms with Gasteiger partial charge in [0.2, 0.25) is 5.92 Å². The van der Waals surface area contributed by atoms with Crippen LogP contribution in [0.1, 0.15) is 60.8 Å². The fourth-order valence-corrected chi connectivity index (χ4v) is 3.87. The number of aromatic nitrogens is 2. The highest BCUT2D eigenvalue weighted by Gasteiger charge is 2.35. The second kappa shape index (κ2) is 7.17. The van der Waals surface area contributed by atoms with E-state index in [0.29, 0.717) is 18.7 Å². The Morgan fingerprint density at radius 2 is 2.12 bits per heavy atom. The Bertz CT molecular complexity index is 803. The minimum absolute atomic E-state index is 0.0159. The molecule has 1 N–H and O–H groups in total. The SMILES string of the molecule is C=Nc1[nH]cc(CC2CCC(F)(F)CC2)c1/C=C(\C)c1c(C)noc1C. The van der Waals surface area contributed by atoms with Crippen LogP contribution in [-0.4, -0.2) is 22.8 Å². The lowest BCUT2D eigenvalue weighted by Gasteiger charge is -2.28. The molecule has 1 aliphatic rings. The number of allylic oxidation sites excluding steroid dienone is 1. The maximum absolute atomic E-state index is 13.4. The largest absolute Gasteiger partial charge is 0.361 e. The summed E-state index contributed by atoms with van der Waals surface area (Å²) in [6, 6.07) is 0. The fourth-order valence-electron chi connectivity index (χ4n) is 3.87. The summed E-state index contributed by atoms with van der Waals surface area (Å²) in [5, 5.41) is 4.01. The smallest absolute Gasteiger partial charge is 0.248 e. The Labute approximate surface area is 152 Å². The van der Waals surface area contributed by atoms with E-state index in [2.05, 4.69) is 27.9 Å². The third-order valence-electron chi connectivity index (χ3n) is 5.28. The van der Waals surface area contributed by atoms with Crippen molar-refractivity contribution >= 4 is 24.2 Å². The summed E-state index contributed by atoms with van der Waals surface area (Å²) >= 11 is 0. The molecule has 2 aromatic heterocycles. The molecule has 0 unspecified atom stereocenters. The van der Waals surface area contributed by atoms with E-state index in [4.69, 9.17) is 4.52 Å². The van der Waals surface area contributed by atoms with Gasteiger partial charge in [0.1, 0.15) is 11.6 Å². The molecule has 0 aliphatic heterocycles. The summed E-state index contributed by atoms with van der Waals surface area (Å²) in [5.41, 5.74) is 4.92. The molecule has 2 aromatic rings. The molecule has 1 fully saturated rings. The van der Waals surface area contributed by atoms with Gasteiger partial charge in [-0.3, -0.25) is 0 Å². The summed E-state index contributed by atoms with van der Waals surface area (Å²) < 4.78 is 32.1. The van der Waals surface area contributed by atoms with Gasteiger partial charge in [-0.15, -0.1) is 0 Å². The Kier molecular flexibility index (Phi) is 5.12. The summed E-state index contributed by atoms with van der Waals surface area (Å²) in [5.74, 6) is -0.747. The third-order valence-corrected chi connectivity index (χ3v) is 5.28. The first-order valence-electron chi connectivity index (χ1n) is 8.97. The zero-order valence-corrected chi connectivity index (χ0v) is 15.5. The van der Waals surface area contributed by atoms with Crippen LogP contribution in [0.5, 0.6) is 0 Å². The van der Waals surface area contributed by atoms with E-state index in [9.17, 15) is 8.78 Å². The molecule has 6 heteroatoms. The predicted molar refractivity (Wildman–Crippen MR) is 100 cm³/mol. The standard InChI is InChI=1S/C20H25F2N3O/c1-12(18-13(2)25-26-14(18)3)9-17-16(11-24-19(17)23-4)10-15-5-7-20(21,22)8-6-15/h9,11,15,24H,4-8,10H2,1-3H3/b12-9+. The monoisotopic (exact) mass is 361 g/mol. The number of aryl methyl sites for hydroxylation is 2. The van der Waals surface area contributed by atoms with Gasteiger partial charge < -0.3 is 9.51 Å². The molecule has 0 spiro atoms. The average Bonchev–Trinajstić information content (AvgIpc) is 3.12. The molecule has 0 saturated heterocycles. The summed E-state index contributed by atoms with van der Waals surface area (Å²) in [6.07, 6.45) is 5.82. The zero-order valence-electron chi connectivity index (χ0n) is 15.5. The molecule has 0 aromatic carbocycles. The minimum atomic E-state index is -2.49. The molecule has 1 saturated carbocycles. The molecular weight excluding hydrogens is 336 g/mol. The number of nitrogens with zero attached hydrogens (tertiary/aromatic N) is 2. The Morgan fingerprint density at radius 3 is 2.69 bits per heavy atom. The van der Waals surface area contributed by atoms with Crippen molar-refractivity contribution in [3.05, 3.63) is 34.3 Å². The van der Waals surface area contributed by atoms with Crippen molar-refractivity contribution in [2.75, 3.05) is 0 Å². The highest BCUT2D eigenvalue weighted by molar-refractivity contribution is 5.85. The lowest BCUT2D eigenvalue weighted by atomic mass is 9.82. The molecule has 140 valence electrons. The van der Waals surface area contributed by atoms with E-state index >= 15 is 0 Å². The van der Waals surface area contributed by atoms with E-state index in [1.807, 2.05) is 27.0 Å². The van der Waals surface area contributed by atoms with Crippen molar-refractivity contribution in [2.45, 2.75) is 58.8 Å². The van der Waals surface area contributed by atoms with Crippen molar-refractivity contribution in [3.63, 3.8) is 0 Å². The molecule has 2 heterocycles. The van der Waals surface area contributed by atoms with Crippen LogP contribution in [0.2, 0.25) is 0 Å². The van der Waals surface area contributed by atoms with Crippen LogP contribution in [0.3, 0.4) is 0 Å². The third kappa shape index (κ3) is 3.79. The van der Waals surface area contributed by atoms with Crippen LogP contribution < -0.4 is 0 Å². The number of aliphatic imine (C=N–C) groups is 1. The Hall–Kier alpha value is -2.24. The first-order valence-corrected chi connectivity index (χ1v) is 8.97. The molecule has 0 amide bonds.